The lowest BCUT2D eigenvalue weighted by molar-refractivity contribution is -0.143. The average molecular weight is 264 g/mol. The van der Waals surface area contributed by atoms with Crippen LogP contribution in [0.4, 0.5) is 5.13 Å². The Balaban J connectivity index is 2.14. The van der Waals surface area contributed by atoms with E-state index in [1.807, 2.05) is 19.1 Å². The summed E-state index contributed by atoms with van der Waals surface area (Å²) in [5.74, 6) is -0.257. The summed E-state index contributed by atoms with van der Waals surface area (Å²) in [6.45, 7) is 6.01. The second-order valence-corrected chi connectivity index (χ2v) is 5.14. The Labute approximate surface area is 110 Å². The third-order valence-electron chi connectivity index (χ3n) is 2.52. The van der Waals surface area contributed by atoms with Gasteiger partial charge >= 0.3 is 5.97 Å². The smallest absolute Gasteiger partial charge is 0.328 e. The minimum atomic E-state index is -0.383. The summed E-state index contributed by atoms with van der Waals surface area (Å²) in [6, 6.07) is 5.72. The molecular formula is C13H16N2O2S. The molecule has 0 saturated carbocycles. The van der Waals surface area contributed by atoms with Gasteiger partial charge in [-0.2, -0.15) is 0 Å². The van der Waals surface area contributed by atoms with Crippen molar-refractivity contribution in [2.45, 2.75) is 26.8 Å². The lowest BCUT2D eigenvalue weighted by Crippen LogP contribution is -2.28. The number of hydrogen-bond donors (Lipinski definition) is 1. The van der Waals surface area contributed by atoms with Crippen molar-refractivity contribution < 1.29 is 9.53 Å². The SMILES string of the molecule is CCOC(=O)C(C)Nc1nc2ccc(C)cc2s1. The van der Waals surface area contributed by atoms with E-state index in [4.69, 9.17) is 4.74 Å². The van der Waals surface area contributed by atoms with Gasteiger partial charge in [-0.15, -0.1) is 0 Å². The molecule has 0 radical (unpaired) electrons. The largest absolute Gasteiger partial charge is 0.464 e. The number of aryl methyl sites for hydroxylation is 1. The Morgan fingerprint density at radius 1 is 1.56 bits per heavy atom. The monoisotopic (exact) mass is 264 g/mol. The summed E-state index contributed by atoms with van der Waals surface area (Å²) >= 11 is 1.55. The quantitative estimate of drug-likeness (QED) is 0.863. The second-order valence-electron chi connectivity index (χ2n) is 4.11. The van der Waals surface area contributed by atoms with E-state index in [9.17, 15) is 4.79 Å². The highest BCUT2D eigenvalue weighted by molar-refractivity contribution is 7.22. The van der Waals surface area contributed by atoms with E-state index in [1.54, 1.807) is 25.2 Å². The standard InChI is InChI=1S/C13H16N2O2S/c1-4-17-12(16)9(3)14-13-15-10-6-5-8(2)7-11(10)18-13/h5-7,9H,4H2,1-3H3,(H,14,15). The number of fused-ring (bicyclic) bond motifs is 1. The summed E-state index contributed by atoms with van der Waals surface area (Å²) in [7, 11) is 0. The number of nitrogens with zero attached hydrogens (tertiary/aromatic N) is 1. The molecule has 0 aliphatic rings. The molecule has 1 unspecified atom stereocenters. The summed E-state index contributed by atoms with van der Waals surface area (Å²) in [5.41, 5.74) is 2.15. The van der Waals surface area contributed by atoms with Crippen molar-refractivity contribution in [1.82, 2.24) is 4.98 Å². The molecule has 4 nitrogen and oxygen atoms in total. The zero-order valence-electron chi connectivity index (χ0n) is 10.7. The Bertz CT molecular complexity index is 565. The van der Waals surface area contributed by atoms with Crippen LogP contribution in [-0.2, 0) is 9.53 Å². The molecule has 0 saturated heterocycles. The molecule has 0 aliphatic carbocycles. The molecule has 1 aromatic carbocycles. The van der Waals surface area contributed by atoms with Crippen molar-refractivity contribution in [2.75, 3.05) is 11.9 Å². The molecule has 0 amide bonds. The van der Waals surface area contributed by atoms with Crippen LogP contribution in [-0.4, -0.2) is 23.6 Å². The molecule has 1 N–H and O–H groups in total. The van der Waals surface area contributed by atoms with Gasteiger partial charge in [0.2, 0.25) is 0 Å². The highest BCUT2D eigenvalue weighted by Crippen LogP contribution is 2.27. The molecule has 18 heavy (non-hydrogen) atoms. The first-order valence-corrected chi connectivity index (χ1v) is 6.72. The van der Waals surface area contributed by atoms with Crippen molar-refractivity contribution in [3.8, 4) is 0 Å². The first kappa shape index (κ1) is 12.8. The fourth-order valence-electron chi connectivity index (χ4n) is 1.60. The van der Waals surface area contributed by atoms with Gasteiger partial charge in [0.25, 0.3) is 0 Å². The van der Waals surface area contributed by atoms with Crippen molar-refractivity contribution in [3.63, 3.8) is 0 Å². The maximum absolute atomic E-state index is 11.5. The van der Waals surface area contributed by atoms with Crippen molar-refractivity contribution >= 4 is 32.7 Å². The first-order chi connectivity index (χ1) is 8.60. The van der Waals surface area contributed by atoms with Crippen molar-refractivity contribution in [1.29, 1.82) is 0 Å². The first-order valence-electron chi connectivity index (χ1n) is 5.90. The number of aromatic nitrogens is 1. The van der Waals surface area contributed by atoms with Gasteiger partial charge in [-0.05, 0) is 38.5 Å². The average Bonchev–Trinajstić information content (AvgIpc) is 2.70. The normalized spacial score (nSPS) is 12.4. The predicted molar refractivity (Wildman–Crippen MR) is 74.1 cm³/mol. The minimum Gasteiger partial charge on any atom is -0.464 e. The van der Waals surface area contributed by atoms with Gasteiger partial charge in [0.15, 0.2) is 5.13 Å². The van der Waals surface area contributed by atoms with E-state index in [0.29, 0.717) is 6.61 Å². The third-order valence-corrected chi connectivity index (χ3v) is 3.47. The number of anilines is 1. The van der Waals surface area contributed by atoms with Crippen LogP contribution in [0.5, 0.6) is 0 Å². The van der Waals surface area contributed by atoms with E-state index in [2.05, 4.69) is 16.4 Å². The van der Waals surface area contributed by atoms with Crippen LogP contribution in [0.2, 0.25) is 0 Å². The molecule has 5 heteroatoms. The molecule has 0 fully saturated rings. The molecule has 0 bridgehead atoms. The van der Waals surface area contributed by atoms with E-state index in [0.717, 1.165) is 15.3 Å². The highest BCUT2D eigenvalue weighted by Gasteiger charge is 2.15. The van der Waals surface area contributed by atoms with Crippen LogP contribution >= 0.6 is 11.3 Å². The van der Waals surface area contributed by atoms with Gasteiger partial charge in [0.05, 0.1) is 16.8 Å². The molecule has 1 aromatic heterocycles. The van der Waals surface area contributed by atoms with Gasteiger partial charge in [-0.1, -0.05) is 17.4 Å². The number of hydrogen-bond acceptors (Lipinski definition) is 5. The Morgan fingerprint density at radius 3 is 3.06 bits per heavy atom. The second kappa shape index (κ2) is 5.35. The van der Waals surface area contributed by atoms with Gasteiger partial charge in [-0.3, -0.25) is 0 Å². The zero-order valence-corrected chi connectivity index (χ0v) is 11.5. The number of thiazole rings is 1. The lowest BCUT2D eigenvalue weighted by Gasteiger charge is -2.10. The molecule has 0 aliphatic heterocycles. The summed E-state index contributed by atoms with van der Waals surface area (Å²) in [4.78, 5) is 15.9. The van der Waals surface area contributed by atoms with Crippen LogP contribution in [0.1, 0.15) is 19.4 Å². The van der Waals surface area contributed by atoms with Crippen LogP contribution in [0.15, 0.2) is 18.2 Å². The fraction of sp³-hybridized carbons (Fsp3) is 0.385. The van der Waals surface area contributed by atoms with Crippen LogP contribution in [0, 0.1) is 6.92 Å². The lowest BCUT2D eigenvalue weighted by atomic mass is 10.2. The van der Waals surface area contributed by atoms with Crippen LogP contribution < -0.4 is 5.32 Å². The van der Waals surface area contributed by atoms with Crippen LogP contribution in [0.3, 0.4) is 0 Å². The molecule has 96 valence electrons. The van der Waals surface area contributed by atoms with Gasteiger partial charge < -0.3 is 10.1 Å². The topological polar surface area (TPSA) is 51.2 Å². The summed E-state index contributed by atoms with van der Waals surface area (Å²) in [6.07, 6.45) is 0. The zero-order chi connectivity index (χ0) is 13.1. The Morgan fingerprint density at radius 2 is 2.33 bits per heavy atom. The number of carbonyl (C=O) groups excluding carboxylic acids is 1. The number of rotatable bonds is 4. The van der Waals surface area contributed by atoms with E-state index >= 15 is 0 Å². The van der Waals surface area contributed by atoms with Gasteiger partial charge in [-0.25, -0.2) is 9.78 Å². The Kier molecular flexibility index (Phi) is 3.81. The van der Waals surface area contributed by atoms with Gasteiger partial charge in [0, 0.05) is 0 Å². The van der Waals surface area contributed by atoms with Crippen molar-refractivity contribution in [2.24, 2.45) is 0 Å². The molecule has 2 aromatic rings. The van der Waals surface area contributed by atoms with E-state index in [1.165, 1.54) is 5.56 Å². The predicted octanol–water partition coefficient (Wildman–Crippen LogP) is 2.97. The summed E-state index contributed by atoms with van der Waals surface area (Å²) in [5, 5.41) is 3.81. The molecule has 1 heterocycles. The number of benzene rings is 1. The number of esters is 1. The third kappa shape index (κ3) is 2.79. The molecular weight excluding hydrogens is 248 g/mol. The minimum absolute atomic E-state index is 0.257. The van der Waals surface area contributed by atoms with E-state index in [-0.39, 0.29) is 12.0 Å². The number of ether oxygens (including phenoxy) is 1. The fourth-order valence-corrected chi connectivity index (χ4v) is 2.66. The van der Waals surface area contributed by atoms with Crippen molar-refractivity contribution in [3.05, 3.63) is 23.8 Å². The molecule has 2 rings (SSSR count). The summed E-state index contributed by atoms with van der Waals surface area (Å²) < 4.78 is 6.06. The van der Waals surface area contributed by atoms with E-state index < -0.39 is 0 Å². The maximum Gasteiger partial charge on any atom is 0.328 e. The highest BCUT2D eigenvalue weighted by atomic mass is 32.1. The van der Waals surface area contributed by atoms with Gasteiger partial charge in [0.1, 0.15) is 6.04 Å². The number of nitrogens with one attached hydrogen (secondary N) is 1. The maximum atomic E-state index is 11.5. The molecule has 0 spiro atoms. The Hall–Kier alpha value is -1.62. The molecule has 1 atom stereocenters. The number of carbonyl (C=O) groups is 1. The van der Waals surface area contributed by atoms with Crippen LogP contribution in [0.25, 0.3) is 10.2 Å².